The molecule has 0 radical (unpaired) electrons. The van der Waals surface area contributed by atoms with E-state index in [1.165, 1.54) is 0 Å². The fourth-order valence-electron chi connectivity index (χ4n) is 2.15. The average Bonchev–Trinajstić information content (AvgIpc) is 2.38. The Morgan fingerprint density at radius 2 is 2.41 bits per heavy atom. The third-order valence-electron chi connectivity index (χ3n) is 3.05. The van der Waals surface area contributed by atoms with Crippen molar-refractivity contribution in [2.45, 2.75) is 18.9 Å². The molecular weight excluding hydrogens is 240 g/mol. The fourth-order valence-corrected chi connectivity index (χ4v) is 2.31. The van der Waals surface area contributed by atoms with Crippen LogP contribution in [0.2, 0.25) is 5.15 Å². The van der Waals surface area contributed by atoms with Crippen molar-refractivity contribution in [3.8, 4) is 6.07 Å². The Labute approximate surface area is 105 Å². The molecule has 2 atom stereocenters. The van der Waals surface area contributed by atoms with Gasteiger partial charge in [-0.2, -0.15) is 5.26 Å². The van der Waals surface area contributed by atoms with Crippen molar-refractivity contribution in [1.29, 1.82) is 5.26 Å². The van der Waals surface area contributed by atoms with Crippen molar-refractivity contribution in [2.24, 2.45) is 5.92 Å². The Morgan fingerprint density at radius 1 is 1.59 bits per heavy atom. The first-order valence-electron chi connectivity index (χ1n) is 5.49. The summed E-state index contributed by atoms with van der Waals surface area (Å²) in [6, 6.07) is 5.80. The van der Waals surface area contributed by atoms with Gasteiger partial charge in [-0.1, -0.05) is 17.7 Å². The summed E-state index contributed by atoms with van der Waals surface area (Å²) in [5, 5.41) is 18.8. The molecule has 0 aliphatic carbocycles. The van der Waals surface area contributed by atoms with Gasteiger partial charge in [0.1, 0.15) is 5.15 Å². The van der Waals surface area contributed by atoms with E-state index in [0.717, 1.165) is 5.56 Å². The van der Waals surface area contributed by atoms with Crippen molar-refractivity contribution < 1.29 is 9.84 Å². The molecule has 1 aromatic heterocycles. The van der Waals surface area contributed by atoms with Gasteiger partial charge >= 0.3 is 0 Å². The van der Waals surface area contributed by atoms with Gasteiger partial charge < -0.3 is 9.84 Å². The van der Waals surface area contributed by atoms with Gasteiger partial charge in [0.15, 0.2) is 0 Å². The maximum absolute atomic E-state index is 9.29. The molecule has 1 saturated heterocycles. The number of aromatic nitrogens is 1. The summed E-state index contributed by atoms with van der Waals surface area (Å²) in [6.45, 7) is 0.934. The van der Waals surface area contributed by atoms with Gasteiger partial charge in [0.05, 0.1) is 30.9 Å². The molecule has 0 amide bonds. The van der Waals surface area contributed by atoms with Crippen molar-refractivity contribution >= 4 is 11.6 Å². The minimum absolute atomic E-state index is 0.0272. The zero-order valence-electron chi connectivity index (χ0n) is 9.27. The van der Waals surface area contributed by atoms with E-state index in [2.05, 4.69) is 11.1 Å². The van der Waals surface area contributed by atoms with Crippen molar-refractivity contribution in [1.82, 2.24) is 4.98 Å². The van der Waals surface area contributed by atoms with Crippen LogP contribution < -0.4 is 0 Å². The quantitative estimate of drug-likeness (QED) is 0.816. The van der Waals surface area contributed by atoms with Crippen molar-refractivity contribution in [3.63, 3.8) is 0 Å². The third-order valence-corrected chi connectivity index (χ3v) is 3.26. The van der Waals surface area contributed by atoms with Crippen LogP contribution >= 0.6 is 11.6 Å². The number of hydrogen-bond donors (Lipinski definition) is 1. The lowest BCUT2D eigenvalue weighted by Crippen LogP contribution is -2.26. The van der Waals surface area contributed by atoms with E-state index in [-0.39, 0.29) is 18.4 Å². The van der Waals surface area contributed by atoms with Gasteiger partial charge in [-0.3, -0.25) is 0 Å². The summed E-state index contributed by atoms with van der Waals surface area (Å²) < 4.78 is 5.40. The Morgan fingerprint density at radius 3 is 3.12 bits per heavy atom. The van der Waals surface area contributed by atoms with Crippen LogP contribution in [0.15, 0.2) is 12.1 Å². The Bertz CT molecular complexity index is 445. The second kappa shape index (κ2) is 5.46. The number of aliphatic hydroxyl groups is 1. The highest BCUT2D eigenvalue weighted by molar-refractivity contribution is 6.29. The number of rotatable bonds is 2. The molecule has 1 fully saturated rings. The SMILES string of the molecule is N#CC1CCOCC1c1ccc(Cl)nc1CO. The summed E-state index contributed by atoms with van der Waals surface area (Å²) in [6.07, 6.45) is 0.717. The topological polar surface area (TPSA) is 66.1 Å². The van der Waals surface area contributed by atoms with Crippen LogP contribution in [0.4, 0.5) is 0 Å². The van der Waals surface area contributed by atoms with Crippen LogP contribution in [0.1, 0.15) is 23.6 Å². The normalized spacial score (nSPS) is 24.3. The maximum Gasteiger partial charge on any atom is 0.129 e. The number of hydrogen-bond acceptors (Lipinski definition) is 4. The van der Waals surface area contributed by atoms with Gasteiger partial charge in [-0.05, 0) is 18.1 Å². The summed E-state index contributed by atoms with van der Waals surface area (Å²) in [5.41, 5.74) is 1.40. The van der Waals surface area contributed by atoms with E-state index >= 15 is 0 Å². The van der Waals surface area contributed by atoms with Crippen LogP contribution in [0.3, 0.4) is 0 Å². The molecule has 1 aliphatic heterocycles. The van der Waals surface area contributed by atoms with Gasteiger partial charge in [0, 0.05) is 12.5 Å². The van der Waals surface area contributed by atoms with Gasteiger partial charge in [0.25, 0.3) is 0 Å². The van der Waals surface area contributed by atoms with Gasteiger partial charge in [-0.25, -0.2) is 4.98 Å². The standard InChI is InChI=1S/C12H13ClN2O2/c13-12-2-1-9(11(6-16)15-12)10-7-17-4-3-8(10)5-14/h1-2,8,10,16H,3-4,6-7H2. The van der Waals surface area contributed by atoms with Crippen LogP contribution in [0.25, 0.3) is 0 Å². The predicted octanol–water partition coefficient (Wildman–Crippen LogP) is 1.87. The monoisotopic (exact) mass is 252 g/mol. The first kappa shape index (κ1) is 12.3. The van der Waals surface area contributed by atoms with E-state index in [1.54, 1.807) is 6.07 Å². The van der Waals surface area contributed by atoms with E-state index in [9.17, 15) is 5.11 Å². The zero-order chi connectivity index (χ0) is 12.3. The molecule has 17 heavy (non-hydrogen) atoms. The summed E-state index contributed by atoms with van der Waals surface area (Å²) in [4.78, 5) is 4.09. The van der Waals surface area contributed by atoms with Crippen LogP contribution in [0, 0.1) is 17.2 Å². The highest BCUT2D eigenvalue weighted by Crippen LogP contribution is 2.32. The lowest BCUT2D eigenvalue weighted by molar-refractivity contribution is 0.0610. The second-order valence-electron chi connectivity index (χ2n) is 4.03. The highest BCUT2D eigenvalue weighted by atomic mass is 35.5. The number of nitrogens with zero attached hydrogens (tertiary/aromatic N) is 2. The molecule has 2 heterocycles. The molecular formula is C12H13ClN2O2. The van der Waals surface area contributed by atoms with Gasteiger partial charge in [0.2, 0.25) is 0 Å². The van der Waals surface area contributed by atoms with E-state index < -0.39 is 0 Å². The molecule has 1 N–H and O–H groups in total. The molecule has 0 saturated carbocycles. The Hall–Kier alpha value is -1.15. The number of halogens is 1. The predicted molar refractivity (Wildman–Crippen MR) is 62.4 cm³/mol. The molecule has 4 nitrogen and oxygen atoms in total. The largest absolute Gasteiger partial charge is 0.390 e. The molecule has 0 bridgehead atoms. The summed E-state index contributed by atoms with van der Waals surface area (Å²) in [7, 11) is 0. The number of ether oxygens (including phenoxy) is 1. The fraction of sp³-hybridized carbons (Fsp3) is 0.500. The smallest absolute Gasteiger partial charge is 0.129 e. The Kier molecular flexibility index (Phi) is 3.95. The number of aliphatic hydroxyl groups excluding tert-OH is 1. The minimum Gasteiger partial charge on any atom is -0.390 e. The zero-order valence-corrected chi connectivity index (χ0v) is 10.0. The van der Waals surface area contributed by atoms with Crippen LogP contribution in [0.5, 0.6) is 0 Å². The molecule has 1 aromatic rings. The van der Waals surface area contributed by atoms with Crippen LogP contribution in [-0.4, -0.2) is 23.3 Å². The lowest BCUT2D eigenvalue weighted by Gasteiger charge is -2.28. The number of nitriles is 1. The first-order valence-corrected chi connectivity index (χ1v) is 5.87. The Balaban J connectivity index is 2.35. The van der Waals surface area contributed by atoms with E-state index in [4.69, 9.17) is 21.6 Å². The summed E-state index contributed by atoms with van der Waals surface area (Å²) in [5.74, 6) is -0.113. The average molecular weight is 253 g/mol. The second-order valence-corrected chi connectivity index (χ2v) is 4.42. The lowest BCUT2D eigenvalue weighted by atomic mass is 9.83. The van der Waals surface area contributed by atoms with Crippen LogP contribution in [-0.2, 0) is 11.3 Å². The maximum atomic E-state index is 9.29. The minimum atomic E-state index is -0.176. The molecule has 2 rings (SSSR count). The van der Waals surface area contributed by atoms with Crippen molar-refractivity contribution in [2.75, 3.05) is 13.2 Å². The molecule has 0 aromatic carbocycles. The van der Waals surface area contributed by atoms with Crippen molar-refractivity contribution in [3.05, 3.63) is 28.5 Å². The van der Waals surface area contributed by atoms with E-state index in [0.29, 0.717) is 30.5 Å². The number of pyridine rings is 1. The molecule has 2 unspecified atom stereocenters. The first-order chi connectivity index (χ1) is 8.26. The molecule has 90 valence electrons. The molecule has 1 aliphatic rings. The third kappa shape index (κ3) is 2.58. The van der Waals surface area contributed by atoms with Gasteiger partial charge in [-0.15, -0.1) is 0 Å². The molecule has 0 spiro atoms. The molecule has 5 heteroatoms. The van der Waals surface area contributed by atoms with E-state index in [1.807, 2.05) is 6.07 Å². The highest BCUT2D eigenvalue weighted by Gasteiger charge is 2.29. The summed E-state index contributed by atoms with van der Waals surface area (Å²) >= 11 is 5.79.